The van der Waals surface area contributed by atoms with Crippen LogP contribution in [0.1, 0.15) is 5.69 Å². The molecule has 92 valence electrons. The number of hydrogen-bond donors (Lipinski definition) is 0. The number of aromatic nitrogens is 1. The summed E-state index contributed by atoms with van der Waals surface area (Å²) in [6, 6.07) is 12.9. The molecule has 0 N–H and O–H groups in total. The van der Waals surface area contributed by atoms with Gasteiger partial charge in [0.2, 0.25) is 0 Å². The van der Waals surface area contributed by atoms with Crippen molar-refractivity contribution in [3.63, 3.8) is 0 Å². The van der Waals surface area contributed by atoms with Gasteiger partial charge < -0.3 is 9.47 Å². The highest BCUT2D eigenvalue weighted by Crippen LogP contribution is 2.23. The zero-order valence-corrected chi connectivity index (χ0v) is 10.00. The van der Waals surface area contributed by atoms with E-state index in [0.29, 0.717) is 17.2 Å². The number of ether oxygens (including phenoxy) is 2. The molecule has 0 aliphatic carbocycles. The maximum Gasteiger partial charge on any atom is 0.311 e. The molecule has 2 rings (SSSR count). The second-order valence-electron chi connectivity index (χ2n) is 3.62. The maximum atomic E-state index is 11.3. The summed E-state index contributed by atoms with van der Waals surface area (Å²) in [6.45, 7) is 0. The monoisotopic (exact) mass is 243 g/mol. The molecule has 0 spiro atoms. The Bertz CT molecular complexity index is 526. The zero-order chi connectivity index (χ0) is 12.8. The SMILES string of the molecule is COC(=O)Cc1ncccc1Oc1ccccc1. The number of esters is 1. The summed E-state index contributed by atoms with van der Waals surface area (Å²) < 4.78 is 10.3. The molecule has 18 heavy (non-hydrogen) atoms. The number of rotatable bonds is 4. The lowest BCUT2D eigenvalue weighted by Gasteiger charge is -2.09. The Morgan fingerprint density at radius 3 is 2.67 bits per heavy atom. The average molecular weight is 243 g/mol. The molecule has 1 heterocycles. The zero-order valence-electron chi connectivity index (χ0n) is 10.00. The summed E-state index contributed by atoms with van der Waals surface area (Å²) in [6.07, 6.45) is 1.72. The van der Waals surface area contributed by atoms with Crippen LogP contribution in [-0.2, 0) is 16.0 Å². The van der Waals surface area contributed by atoms with Gasteiger partial charge in [-0.1, -0.05) is 18.2 Å². The van der Waals surface area contributed by atoms with Gasteiger partial charge in [0.15, 0.2) is 0 Å². The van der Waals surface area contributed by atoms with Crippen LogP contribution in [0.2, 0.25) is 0 Å². The van der Waals surface area contributed by atoms with E-state index in [9.17, 15) is 4.79 Å². The van der Waals surface area contributed by atoms with Crippen molar-refractivity contribution < 1.29 is 14.3 Å². The van der Waals surface area contributed by atoms with Gasteiger partial charge >= 0.3 is 5.97 Å². The van der Waals surface area contributed by atoms with Crippen LogP contribution in [0.3, 0.4) is 0 Å². The van der Waals surface area contributed by atoms with Crippen LogP contribution in [0.25, 0.3) is 0 Å². The smallest absolute Gasteiger partial charge is 0.311 e. The molecule has 0 amide bonds. The lowest BCUT2D eigenvalue weighted by molar-refractivity contribution is -0.139. The van der Waals surface area contributed by atoms with E-state index in [1.54, 1.807) is 18.3 Å². The number of carbonyl (C=O) groups is 1. The molecule has 0 unspecified atom stereocenters. The third-order valence-electron chi connectivity index (χ3n) is 2.36. The summed E-state index contributed by atoms with van der Waals surface area (Å²) in [4.78, 5) is 15.4. The minimum Gasteiger partial charge on any atom is -0.469 e. The highest BCUT2D eigenvalue weighted by molar-refractivity contribution is 5.72. The molecule has 0 aliphatic heterocycles. The van der Waals surface area contributed by atoms with Crippen molar-refractivity contribution in [1.82, 2.24) is 4.98 Å². The van der Waals surface area contributed by atoms with E-state index in [4.69, 9.17) is 4.74 Å². The molecule has 4 heteroatoms. The first-order chi connectivity index (χ1) is 8.79. The van der Waals surface area contributed by atoms with Crippen LogP contribution in [0.5, 0.6) is 11.5 Å². The third-order valence-corrected chi connectivity index (χ3v) is 2.36. The lowest BCUT2D eigenvalue weighted by Crippen LogP contribution is -2.07. The van der Waals surface area contributed by atoms with Crippen LogP contribution in [0.4, 0.5) is 0 Å². The highest BCUT2D eigenvalue weighted by atomic mass is 16.5. The minimum absolute atomic E-state index is 0.0967. The van der Waals surface area contributed by atoms with Gasteiger partial charge in [0, 0.05) is 6.20 Å². The van der Waals surface area contributed by atoms with Gasteiger partial charge in [0.05, 0.1) is 19.2 Å². The predicted molar refractivity (Wildman–Crippen MR) is 66.5 cm³/mol. The van der Waals surface area contributed by atoms with Gasteiger partial charge in [-0.3, -0.25) is 9.78 Å². The molecule has 4 nitrogen and oxygen atoms in total. The van der Waals surface area contributed by atoms with Crippen molar-refractivity contribution in [3.05, 3.63) is 54.4 Å². The molecule has 0 saturated carbocycles. The Hall–Kier alpha value is -2.36. The Morgan fingerprint density at radius 1 is 1.17 bits per heavy atom. The molecule has 0 bridgehead atoms. The Labute approximate surface area is 105 Å². The van der Waals surface area contributed by atoms with Crippen LogP contribution < -0.4 is 4.74 Å². The molecule has 0 radical (unpaired) electrons. The van der Waals surface area contributed by atoms with Crippen molar-refractivity contribution in [1.29, 1.82) is 0 Å². The van der Waals surface area contributed by atoms with E-state index in [0.717, 1.165) is 0 Å². The van der Waals surface area contributed by atoms with Gasteiger partial charge in [-0.05, 0) is 24.3 Å². The number of para-hydroxylation sites is 1. The quantitative estimate of drug-likeness (QED) is 0.774. The number of carbonyl (C=O) groups excluding carboxylic acids is 1. The fourth-order valence-corrected chi connectivity index (χ4v) is 1.47. The van der Waals surface area contributed by atoms with Crippen molar-refractivity contribution in [3.8, 4) is 11.5 Å². The average Bonchev–Trinajstić information content (AvgIpc) is 2.42. The van der Waals surface area contributed by atoms with Crippen LogP contribution in [0, 0.1) is 0 Å². The van der Waals surface area contributed by atoms with Crippen molar-refractivity contribution in [2.45, 2.75) is 6.42 Å². The van der Waals surface area contributed by atoms with Crippen LogP contribution in [0.15, 0.2) is 48.7 Å². The number of nitrogens with zero attached hydrogens (tertiary/aromatic N) is 1. The predicted octanol–water partition coefficient (Wildman–Crippen LogP) is 2.59. The van der Waals surface area contributed by atoms with E-state index in [2.05, 4.69) is 9.72 Å². The summed E-state index contributed by atoms with van der Waals surface area (Å²) in [5.41, 5.74) is 0.563. The summed E-state index contributed by atoms with van der Waals surface area (Å²) in [5, 5.41) is 0. The second-order valence-corrected chi connectivity index (χ2v) is 3.62. The molecular formula is C14H13NO3. The van der Waals surface area contributed by atoms with Gasteiger partial charge in [-0.2, -0.15) is 0 Å². The third kappa shape index (κ3) is 3.07. The van der Waals surface area contributed by atoms with Crippen molar-refractivity contribution >= 4 is 5.97 Å². The summed E-state index contributed by atoms with van der Waals surface area (Å²) >= 11 is 0. The molecular weight excluding hydrogens is 230 g/mol. The summed E-state index contributed by atoms with van der Waals surface area (Å²) in [5.74, 6) is 0.928. The standard InChI is InChI=1S/C14H13NO3/c1-17-14(16)10-12-13(8-5-9-15-12)18-11-6-3-2-4-7-11/h2-9H,10H2,1H3. The van der Waals surface area contributed by atoms with Crippen LogP contribution >= 0.6 is 0 Å². The van der Waals surface area contributed by atoms with E-state index in [1.807, 2.05) is 30.3 Å². The molecule has 0 fully saturated rings. The maximum absolute atomic E-state index is 11.3. The number of hydrogen-bond acceptors (Lipinski definition) is 4. The topological polar surface area (TPSA) is 48.4 Å². The first kappa shape index (κ1) is 12.1. The first-order valence-electron chi connectivity index (χ1n) is 5.53. The van der Waals surface area contributed by atoms with Gasteiger partial charge in [0.25, 0.3) is 0 Å². The van der Waals surface area contributed by atoms with Gasteiger partial charge in [-0.25, -0.2) is 0 Å². The normalized spacial score (nSPS) is 9.83. The van der Waals surface area contributed by atoms with Crippen molar-refractivity contribution in [2.24, 2.45) is 0 Å². The largest absolute Gasteiger partial charge is 0.469 e. The first-order valence-corrected chi connectivity index (χ1v) is 5.53. The van der Waals surface area contributed by atoms with Gasteiger partial charge in [-0.15, -0.1) is 0 Å². The van der Waals surface area contributed by atoms with E-state index < -0.39 is 0 Å². The molecule has 0 saturated heterocycles. The van der Waals surface area contributed by atoms with Crippen molar-refractivity contribution in [2.75, 3.05) is 7.11 Å². The number of benzene rings is 1. The molecule has 0 aliphatic rings. The Balaban J connectivity index is 2.20. The molecule has 1 aromatic carbocycles. The molecule has 2 aromatic rings. The second kappa shape index (κ2) is 5.82. The summed E-state index contributed by atoms with van der Waals surface area (Å²) in [7, 11) is 1.35. The number of pyridine rings is 1. The van der Waals surface area contributed by atoms with E-state index >= 15 is 0 Å². The Kier molecular flexibility index (Phi) is 3.91. The highest BCUT2D eigenvalue weighted by Gasteiger charge is 2.10. The van der Waals surface area contributed by atoms with E-state index in [-0.39, 0.29) is 12.4 Å². The van der Waals surface area contributed by atoms with Gasteiger partial charge in [0.1, 0.15) is 11.5 Å². The minimum atomic E-state index is -0.341. The number of methoxy groups -OCH3 is 1. The lowest BCUT2D eigenvalue weighted by atomic mass is 10.2. The fourth-order valence-electron chi connectivity index (χ4n) is 1.47. The fraction of sp³-hybridized carbons (Fsp3) is 0.143. The van der Waals surface area contributed by atoms with E-state index in [1.165, 1.54) is 7.11 Å². The van der Waals surface area contributed by atoms with Crippen LogP contribution in [-0.4, -0.2) is 18.1 Å². The molecule has 0 atom stereocenters. The molecule has 1 aromatic heterocycles. The Morgan fingerprint density at radius 2 is 1.94 bits per heavy atom.